The van der Waals surface area contributed by atoms with E-state index >= 15 is 0 Å². The van der Waals surface area contributed by atoms with Crippen LogP contribution in [0.15, 0.2) is 21.4 Å². The quantitative estimate of drug-likeness (QED) is 0.806. The molecule has 1 aliphatic heterocycles. The molecule has 106 valence electrons. The number of aromatic nitrogens is 2. The van der Waals surface area contributed by atoms with E-state index in [0.29, 0.717) is 35.8 Å². The molecule has 1 aromatic carbocycles. The number of rotatable bonds is 3. The SMILES string of the molecule is Cc1nnc([C@@H](C)Sc2cc3c(cc2Cl)OCCO3)o1. The Morgan fingerprint density at radius 3 is 2.55 bits per heavy atom. The molecule has 20 heavy (non-hydrogen) atoms. The van der Waals surface area contributed by atoms with Crippen LogP contribution in [0.25, 0.3) is 0 Å². The summed E-state index contributed by atoms with van der Waals surface area (Å²) in [7, 11) is 0. The van der Waals surface area contributed by atoms with Crippen LogP contribution in [-0.4, -0.2) is 23.4 Å². The lowest BCUT2D eigenvalue weighted by Crippen LogP contribution is -2.15. The Kier molecular flexibility index (Phi) is 3.76. The predicted molar refractivity (Wildman–Crippen MR) is 75.7 cm³/mol. The predicted octanol–water partition coefficient (Wildman–Crippen LogP) is 3.66. The van der Waals surface area contributed by atoms with Gasteiger partial charge in [0.05, 0.1) is 10.3 Å². The lowest BCUT2D eigenvalue weighted by molar-refractivity contribution is 0.171. The summed E-state index contributed by atoms with van der Waals surface area (Å²) in [5, 5.41) is 8.49. The normalized spacial score (nSPS) is 15.2. The van der Waals surface area contributed by atoms with Crippen molar-refractivity contribution in [1.82, 2.24) is 10.2 Å². The smallest absolute Gasteiger partial charge is 0.229 e. The van der Waals surface area contributed by atoms with E-state index in [1.807, 2.05) is 13.0 Å². The first kappa shape index (κ1) is 13.6. The number of ether oxygens (including phenoxy) is 2. The van der Waals surface area contributed by atoms with Gasteiger partial charge < -0.3 is 13.9 Å². The molecular weight excluding hydrogens is 300 g/mol. The molecule has 0 spiro atoms. The minimum absolute atomic E-state index is 0.0104. The standard InChI is InChI=1S/C13H13ClN2O3S/c1-7(13-16-15-8(2)19-13)20-12-6-11-10(5-9(12)14)17-3-4-18-11/h5-7H,3-4H2,1-2H3/t7-/m1/s1. The number of halogens is 1. The summed E-state index contributed by atoms with van der Waals surface area (Å²) in [5.41, 5.74) is 0. The van der Waals surface area contributed by atoms with Crippen LogP contribution in [0.3, 0.4) is 0 Å². The third kappa shape index (κ3) is 2.71. The maximum absolute atomic E-state index is 6.27. The van der Waals surface area contributed by atoms with Gasteiger partial charge in [-0.15, -0.1) is 22.0 Å². The van der Waals surface area contributed by atoms with Crippen LogP contribution in [0.5, 0.6) is 11.5 Å². The highest BCUT2D eigenvalue weighted by atomic mass is 35.5. The Hall–Kier alpha value is -1.40. The van der Waals surface area contributed by atoms with Crippen LogP contribution in [-0.2, 0) is 0 Å². The second-order valence-electron chi connectivity index (χ2n) is 4.35. The average Bonchev–Trinajstić information content (AvgIpc) is 2.86. The number of thioether (sulfide) groups is 1. The zero-order chi connectivity index (χ0) is 14.1. The van der Waals surface area contributed by atoms with Crippen LogP contribution in [0.2, 0.25) is 5.02 Å². The van der Waals surface area contributed by atoms with Crippen LogP contribution >= 0.6 is 23.4 Å². The first-order chi connectivity index (χ1) is 9.63. The molecule has 0 amide bonds. The molecule has 1 aliphatic rings. The highest BCUT2D eigenvalue weighted by molar-refractivity contribution is 7.99. The molecule has 1 atom stereocenters. The van der Waals surface area contributed by atoms with Gasteiger partial charge in [-0.1, -0.05) is 11.6 Å². The second kappa shape index (κ2) is 5.54. The molecule has 0 saturated carbocycles. The van der Waals surface area contributed by atoms with Crippen LogP contribution in [0.1, 0.15) is 24.0 Å². The van der Waals surface area contributed by atoms with Gasteiger partial charge in [0.1, 0.15) is 13.2 Å². The summed E-state index contributed by atoms with van der Waals surface area (Å²) in [6, 6.07) is 3.67. The van der Waals surface area contributed by atoms with E-state index in [-0.39, 0.29) is 5.25 Å². The Morgan fingerprint density at radius 1 is 1.20 bits per heavy atom. The number of hydrogen-bond donors (Lipinski definition) is 0. The topological polar surface area (TPSA) is 57.4 Å². The first-order valence-corrected chi connectivity index (χ1v) is 7.45. The van der Waals surface area contributed by atoms with E-state index in [0.717, 1.165) is 10.6 Å². The molecule has 0 saturated heterocycles. The van der Waals surface area contributed by atoms with Crippen molar-refractivity contribution in [2.45, 2.75) is 24.0 Å². The van der Waals surface area contributed by atoms with Gasteiger partial charge in [-0.2, -0.15) is 0 Å². The first-order valence-electron chi connectivity index (χ1n) is 6.19. The molecule has 0 unspecified atom stereocenters. The highest BCUT2D eigenvalue weighted by Crippen LogP contribution is 2.43. The van der Waals surface area contributed by atoms with E-state index in [9.17, 15) is 0 Å². The Balaban J connectivity index is 1.83. The largest absolute Gasteiger partial charge is 0.486 e. The molecule has 2 heterocycles. The molecule has 0 aliphatic carbocycles. The minimum Gasteiger partial charge on any atom is -0.486 e. The monoisotopic (exact) mass is 312 g/mol. The fourth-order valence-electron chi connectivity index (χ4n) is 1.85. The highest BCUT2D eigenvalue weighted by Gasteiger charge is 2.19. The van der Waals surface area contributed by atoms with Crippen molar-refractivity contribution in [3.8, 4) is 11.5 Å². The zero-order valence-corrected chi connectivity index (χ0v) is 12.6. The van der Waals surface area contributed by atoms with E-state index in [1.165, 1.54) is 0 Å². The zero-order valence-electron chi connectivity index (χ0n) is 11.1. The van der Waals surface area contributed by atoms with Crippen molar-refractivity contribution in [2.24, 2.45) is 0 Å². The van der Waals surface area contributed by atoms with Crippen molar-refractivity contribution in [3.63, 3.8) is 0 Å². The lowest BCUT2D eigenvalue weighted by Gasteiger charge is -2.20. The minimum atomic E-state index is 0.0104. The summed E-state index contributed by atoms with van der Waals surface area (Å²) in [6.45, 7) is 4.86. The molecule has 0 bridgehead atoms. The number of nitrogens with zero attached hydrogens (tertiary/aromatic N) is 2. The third-order valence-electron chi connectivity index (χ3n) is 2.79. The Bertz CT molecular complexity index is 632. The molecule has 0 radical (unpaired) electrons. The molecule has 0 fully saturated rings. The van der Waals surface area contributed by atoms with Gasteiger partial charge in [-0.05, 0) is 13.0 Å². The number of hydrogen-bond acceptors (Lipinski definition) is 6. The average molecular weight is 313 g/mol. The van der Waals surface area contributed by atoms with E-state index in [2.05, 4.69) is 10.2 Å². The summed E-state index contributed by atoms with van der Waals surface area (Å²) >= 11 is 7.82. The van der Waals surface area contributed by atoms with Gasteiger partial charge in [0, 0.05) is 17.9 Å². The summed E-state index contributed by atoms with van der Waals surface area (Å²) in [4.78, 5) is 0.902. The molecule has 5 nitrogen and oxygen atoms in total. The Morgan fingerprint density at radius 2 is 1.90 bits per heavy atom. The molecular formula is C13H13ClN2O3S. The van der Waals surface area contributed by atoms with Gasteiger partial charge in [0.2, 0.25) is 11.8 Å². The van der Waals surface area contributed by atoms with E-state index in [1.54, 1.807) is 24.8 Å². The second-order valence-corrected chi connectivity index (χ2v) is 6.14. The summed E-state index contributed by atoms with van der Waals surface area (Å²) < 4.78 is 16.5. The van der Waals surface area contributed by atoms with Crippen LogP contribution in [0.4, 0.5) is 0 Å². The number of aryl methyl sites for hydroxylation is 1. The fraction of sp³-hybridized carbons (Fsp3) is 0.385. The van der Waals surface area contributed by atoms with Gasteiger partial charge in [0.15, 0.2) is 11.5 Å². The van der Waals surface area contributed by atoms with Crippen molar-refractivity contribution >= 4 is 23.4 Å². The van der Waals surface area contributed by atoms with Gasteiger partial charge >= 0.3 is 0 Å². The third-order valence-corrected chi connectivity index (χ3v) is 4.36. The van der Waals surface area contributed by atoms with Gasteiger partial charge in [-0.25, -0.2) is 0 Å². The van der Waals surface area contributed by atoms with Crippen LogP contribution in [0, 0.1) is 6.92 Å². The van der Waals surface area contributed by atoms with Crippen molar-refractivity contribution in [3.05, 3.63) is 28.9 Å². The molecule has 0 N–H and O–H groups in total. The maximum atomic E-state index is 6.27. The molecule has 2 aromatic rings. The fourth-order valence-corrected chi connectivity index (χ4v) is 3.06. The van der Waals surface area contributed by atoms with E-state index in [4.69, 9.17) is 25.5 Å². The summed E-state index contributed by atoms with van der Waals surface area (Å²) in [6.07, 6.45) is 0. The van der Waals surface area contributed by atoms with Crippen LogP contribution < -0.4 is 9.47 Å². The van der Waals surface area contributed by atoms with Crippen molar-refractivity contribution in [2.75, 3.05) is 13.2 Å². The lowest BCUT2D eigenvalue weighted by atomic mass is 10.3. The Labute approximate surface area is 125 Å². The van der Waals surface area contributed by atoms with Crippen molar-refractivity contribution in [1.29, 1.82) is 0 Å². The van der Waals surface area contributed by atoms with E-state index < -0.39 is 0 Å². The van der Waals surface area contributed by atoms with Gasteiger partial charge in [0.25, 0.3) is 0 Å². The number of fused-ring (bicyclic) bond motifs is 1. The summed E-state index contributed by atoms with van der Waals surface area (Å²) in [5.74, 6) is 2.54. The van der Waals surface area contributed by atoms with Crippen molar-refractivity contribution < 1.29 is 13.9 Å². The molecule has 1 aromatic heterocycles. The molecule has 7 heteroatoms. The molecule has 3 rings (SSSR count). The maximum Gasteiger partial charge on any atom is 0.229 e. The van der Waals surface area contributed by atoms with Gasteiger partial charge in [-0.3, -0.25) is 0 Å². The number of benzene rings is 1.